The van der Waals surface area contributed by atoms with E-state index in [1.165, 1.54) is 13.8 Å². The molecule has 0 amide bonds. The molecule has 8 nitrogen and oxygen atoms in total. The van der Waals surface area contributed by atoms with E-state index in [0.29, 0.717) is 0 Å². The van der Waals surface area contributed by atoms with Crippen molar-refractivity contribution >= 4 is 16.1 Å². The third-order valence-electron chi connectivity index (χ3n) is 4.33. The van der Waals surface area contributed by atoms with Gasteiger partial charge in [-0.25, -0.2) is 13.2 Å². The number of benzene rings is 1. The number of esters is 1. The molecule has 0 bridgehead atoms. The lowest BCUT2D eigenvalue weighted by Crippen LogP contribution is -2.37. The Hall–Kier alpha value is -2.05. The van der Waals surface area contributed by atoms with Crippen LogP contribution in [-0.2, 0) is 19.6 Å². The molecule has 31 heavy (non-hydrogen) atoms. The zero-order valence-electron chi connectivity index (χ0n) is 17.1. The standard InChI is InChI=1S/C19H25F3O8S/c1-18(2,28-14-6-4-3-5-7-14)29-16-12-13(8-9-15(16)30-19(20,21)22)17(23)27-10-11-31(24,25)26/h8-9,12,14H,3-7,10-11H2,1-2H3,(H,24,25,26)/p-1. The van der Waals surface area contributed by atoms with E-state index in [9.17, 15) is 30.9 Å². The van der Waals surface area contributed by atoms with Crippen LogP contribution in [0.5, 0.6) is 11.5 Å². The molecule has 0 atom stereocenters. The van der Waals surface area contributed by atoms with Crippen molar-refractivity contribution < 1.29 is 49.9 Å². The number of carbonyl (C=O) groups excluding carboxylic acids is 1. The Morgan fingerprint density at radius 1 is 1.10 bits per heavy atom. The summed E-state index contributed by atoms with van der Waals surface area (Å²) in [7, 11) is -4.59. The van der Waals surface area contributed by atoms with Gasteiger partial charge in [-0.15, -0.1) is 13.2 Å². The number of halogens is 3. The number of rotatable bonds is 9. The van der Waals surface area contributed by atoms with E-state index in [2.05, 4.69) is 9.47 Å². The van der Waals surface area contributed by atoms with Gasteiger partial charge in [-0.2, -0.15) is 0 Å². The molecule has 1 saturated carbocycles. The first-order chi connectivity index (χ1) is 14.2. The molecule has 0 aromatic heterocycles. The van der Waals surface area contributed by atoms with Crippen molar-refractivity contribution in [3.8, 4) is 11.5 Å². The molecule has 0 saturated heterocycles. The highest BCUT2D eigenvalue weighted by atomic mass is 32.2. The molecule has 12 heteroatoms. The van der Waals surface area contributed by atoms with Crippen LogP contribution in [0, 0.1) is 0 Å². The fourth-order valence-corrected chi connectivity index (χ4v) is 3.40. The first kappa shape index (κ1) is 25.2. The lowest BCUT2D eigenvalue weighted by atomic mass is 9.97. The average molecular weight is 469 g/mol. The number of hydrogen-bond acceptors (Lipinski definition) is 8. The molecule has 0 unspecified atom stereocenters. The number of alkyl halides is 3. The van der Waals surface area contributed by atoms with Crippen LogP contribution in [0.2, 0.25) is 0 Å². The highest BCUT2D eigenvalue weighted by Crippen LogP contribution is 2.36. The summed E-state index contributed by atoms with van der Waals surface area (Å²) in [6.45, 7) is 2.37. The maximum atomic E-state index is 12.8. The van der Waals surface area contributed by atoms with Gasteiger partial charge in [0.25, 0.3) is 0 Å². The van der Waals surface area contributed by atoms with Gasteiger partial charge in [0.15, 0.2) is 11.5 Å². The van der Waals surface area contributed by atoms with Gasteiger partial charge in [-0.05, 0) is 31.0 Å². The van der Waals surface area contributed by atoms with Crippen LogP contribution >= 0.6 is 0 Å². The van der Waals surface area contributed by atoms with Crippen LogP contribution in [0.3, 0.4) is 0 Å². The molecular weight excluding hydrogens is 445 g/mol. The van der Waals surface area contributed by atoms with Crippen LogP contribution in [0.1, 0.15) is 56.3 Å². The number of hydrogen-bond donors (Lipinski definition) is 0. The van der Waals surface area contributed by atoms with Crippen molar-refractivity contribution in [1.29, 1.82) is 0 Å². The lowest BCUT2D eigenvalue weighted by molar-refractivity contribution is -0.276. The molecule has 1 aromatic carbocycles. The fourth-order valence-electron chi connectivity index (χ4n) is 3.12. The molecular formula is C19H24F3O8S-. The van der Waals surface area contributed by atoms with Crippen LogP contribution in [-0.4, -0.2) is 49.6 Å². The van der Waals surface area contributed by atoms with E-state index < -0.39 is 52.1 Å². The normalized spacial score (nSPS) is 16.1. The van der Waals surface area contributed by atoms with Gasteiger partial charge < -0.3 is 23.5 Å². The summed E-state index contributed by atoms with van der Waals surface area (Å²) >= 11 is 0. The molecule has 0 radical (unpaired) electrons. The molecule has 176 valence electrons. The molecule has 1 aromatic rings. The minimum atomic E-state index is -5.00. The minimum Gasteiger partial charge on any atom is -0.748 e. The van der Waals surface area contributed by atoms with Gasteiger partial charge in [0, 0.05) is 13.8 Å². The van der Waals surface area contributed by atoms with Crippen molar-refractivity contribution in [2.24, 2.45) is 0 Å². The van der Waals surface area contributed by atoms with E-state index in [0.717, 1.165) is 50.3 Å². The van der Waals surface area contributed by atoms with E-state index >= 15 is 0 Å². The predicted molar refractivity (Wildman–Crippen MR) is 101 cm³/mol. The first-order valence-corrected chi connectivity index (χ1v) is 11.2. The third kappa shape index (κ3) is 9.32. The fraction of sp³-hybridized carbons (Fsp3) is 0.632. The smallest absolute Gasteiger partial charge is 0.573 e. The van der Waals surface area contributed by atoms with Crippen LogP contribution < -0.4 is 9.47 Å². The van der Waals surface area contributed by atoms with Gasteiger partial charge in [0.05, 0.1) is 27.5 Å². The van der Waals surface area contributed by atoms with Gasteiger partial charge in [-0.3, -0.25) is 0 Å². The maximum Gasteiger partial charge on any atom is 0.573 e. The Kier molecular flexibility index (Phi) is 8.17. The number of ether oxygens (including phenoxy) is 4. The summed E-state index contributed by atoms with van der Waals surface area (Å²) in [5.74, 6) is -4.40. The van der Waals surface area contributed by atoms with E-state index in [1.807, 2.05) is 0 Å². The summed E-state index contributed by atoms with van der Waals surface area (Å²) in [5.41, 5.74) is -0.221. The Bertz CT molecular complexity index is 861. The molecule has 0 N–H and O–H groups in total. The van der Waals surface area contributed by atoms with E-state index in [1.54, 1.807) is 0 Å². The summed E-state index contributed by atoms with van der Waals surface area (Å²) in [5, 5.41) is 0. The maximum absolute atomic E-state index is 12.8. The zero-order valence-corrected chi connectivity index (χ0v) is 17.9. The topological polar surface area (TPSA) is 111 Å². The monoisotopic (exact) mass is 469 g/mol. The highest BCUT2D eigenvalue weighted by molar-refractivity contribution is 7.85. The molecule has 0 heterocycles. The van der Waals surface area contributed by atoms with Crippen LogP contribution in [0.4, 0.5) is 13.2 Å². The summed E-state index contributed by atoms with van der Waals surface area (Å²) in [4.78, 5) is 12.1. The largest absolute Gasteiger partial charge is 0.748 e. The molecule has 0 spiro atoms. The summed E-state index contributed by atoms with van der Waals surface area (Å²) in [6.07, 6.45) is -0.480. The summed E-state index contributed by atoms with van der Waals surface area (Å²) in [6, 6.07) is 2.85. The summed E-state index contributed by atoms with van der Waals surface area (Å²) < 4.78 is 90.3. The van der Waals surface area contributed by atoms with Crippen molar-refractivity contribution in [2.45, 2.75) is 64.2 Å². The zero-order chi connectivity index (χ0) is 23.3. The molecule has 1 aliphatic carbocycles. The minimum absolute atomic E-state index is 0.113. The molecule has 1 fully saturated rings. The Labute approximate surface area is 178 Å². The second-order valence-electron chi connectivity index (χ2n) is 7.49. The second kappa shape index (κ2) is 10.0. The van der Waals surface area contributed by atoms with Gasteiger partial charge in [0.1, 0.15) is 6.61 Å². The Morgan fingerprint density at radius 2 is 1.74 bits per heavy atom. The van der Waals surface area contributed by atoms with Gasteiger partial charge in [-0.1, -0.05) is 19.3 Å². The predicted octanol–water partition coefficient (Wildman–Crippen LogP) is 3.75. The number of carbonyl (C=O) groups is 1. The lowest BCUT2D eigenvalue weighted by Gasteiger charge is -2.33. The third-order valence-corrected chi connectivity index (χ3v) is 5.00. The second-order valence-corrected chi connectivity index (χ2v) is 9.01. The van der Waals surface area contributed by atoms with Gasteiger partial charge in [0.2, 0.25) is 5.79 Å². The molecule has 2 rings (SSSR count). The van der Waals surface area contributed by atoms with Crippen molar-refractivity contribution in [2.75, 3.05) is 12.4 Å². The molecule has 1 aliphatic rings. The average Bonchev–Trinajstić information content (AvgIpc) is 2.61. The van der Waals surface area contributed by atoms with Crippen molar-refractivity contribution in [3.63, 3.8) is 0 Å². The van der Waals surface area contributed by atoms with E-state index in [-0.39, 0.29) is 11.7 Å². The quantitative estimate of drug-likeness (QED) is 0.305. The van der Waals surface area contributed by atoms with E-state index in [4.69, 9.17) is 9.47 Å². The van der Waals surface area contributed by atoms with Crippen molar-refractivity contribution in [1.82, 2.24) is 0 Å². The SMILES string of the molecule is CC(C)(Oc1cc(C(=O)OCCS(=O)(=O)[O-])ccc1OC(F)(F)F)OC1CCCCC1. The highest BCUT2D eigenvalue weighted by Gasteiger charge is 2.34. The van der Waals surface area contributed by atoms with Crippen LogP contribution in [0.25, 0.3) is 0 Å². The van der Waals surface area contributed by atoms with Crippen molar-refractivity contribution in [3.05, 3.63) is 23.8 Å². The first-order valence-electron chi connectivity index (χ1n) is 9.61. The van der Waals surface area contributed by atoms with Gasteiger partial charge >= 0.3 is 12.3 Å². The Balaban J connectivity index is 2.19. The van der Waals surface area contributed by atoms with Crippen LogP contribution in [0.15, 0.2) is 18.2 Å². The Morgan fingerprint density at radius 3 is 2.32 bits per heavy atom. The molecule has 0 aliphatic heterocycles.